The number of rotatable bonds is 8. The molecule has 5 nitrogen and oxygen atoms in total. The average molecular weight is 429 g/mol. The second-order valence-electron chi connectivity index (χ2n) is 6.90. The zero-order valence-corrected chi connectivity index (χ0v) is 18.5. The first-order chi connectivity index (χ1) is 14.0. The maximum Gasteiger partial charge on any atom is 0.230 e. The van der Waals surface area contributed by atoms with E-state index in [-0.39, 0.29) is 11.7 Å². The zero-order valence-electron chi connectivity index (χ0n) is 16.9. The van der Waals surface area contributed by atoms with E-state index in [9.17, 15) is 4.79 Å². The second kappa shape index (κ2) is 9.94. The van der Waals surface area contributed by atoms with Crippen LogP contribution in [0.25, 0.3) is 17.1 Å². The minimum absolute atomic E-state index is 0.00161. The monoisotopic (exact) mass is 428 g/mol. The molecule has 29 heavy (non-hydrogen) atoms. The van der Waals surface area contributed by atoms with Gasteiger partial charge in [-0.25, -0.2) is 0 Å². The third-order valence-corrected chi connectivity index (χ3v) is 5.80. The predicted octanol–water partition coefficient (Wildman–Crippen LogP) is 5.21. The molecule has 0 aliphatic heterocycles. The quantitative estimate of drug-likeness (QED) is 0.395. The molecular formula is C22H25ClN4OS. The topological polar surface area (TPSA) is 59.8 Å². The van der Waals surface area contributed by atoms with Crippen LogP contribution in [0.3, 0.4) is 0 Å². The van der Waals surface area contributed by atoms with Crippen LogP contribution in [-0.4, -0.2) is 33.0 Å². The summed E-state index contributed by atoms with van der Waals surface area (Å²) in [4.78, 5) is 12.2. The molecular weight excluding hydrogens is 404 g/mol. The Kier molecular flexibility index (Phi) is 7.34. The fourth-order valence-electron chi connectivity index (χ4n) is 2.94. The Morgan fingerprint density at radius 1 is 1.17 bits per heavy atom. The molecule has 7 heteroatoms. The molecule has 1 aromatic heterocycles. The number of hydrogen-bond donors (Lipinski definition) is 1. The van der Waals surface area contributed by atoms with E-state index in [1.165, 1.54) is 11.8 Å². The first kappa shape index (κ1) is 21.4. The first-order valence-electron chi connectivity index (χ1n) is 9.68. The second-order valence-corrected chi connectivity index (χ2v) is 8.25. The highest BCUT2D eigenvalue weighted by Crippen LogP contribution is 2.33. The smallest absolute Gasteiger partial charge is 0.230 e. The molecule has 0 atom stereocenters. The van der Waals surface area contributed by atoms with Gasteiger partial charge in [-0.15, -0.1) is 10.2 Å². The van der Waals surface area contributed by atoms with Gasteiger partial charge in [0, 0.05) is 12.1 Å². The van der Waals surface area contributed by atoms with Gasteiger partial charge in [0.15, 0.2) is 11.0 Å². The van der Waals surface area contributed by atoms with E-state index in [0.29, 0.717) is 22.5 Å². The third-order valence-electron chi connectivity index (χ3n) is 4.54. The Bertz CT molecular complexity index is 1000. The molecule has 0 aliphatic rings. The highest BCUT2D eigenvalue weighted by molar-refractivity contribution is 7.99. The first-order valence-corrected chi connectivity index (χ1v) is 11.0. The summed E-state index contributed by atoms with van der Waals surface area (Å²) < 4.78 is 1.99. The number of hydrogen-bond acceptors (Lipinski definition) is 4. The van der Waals surface area contributed by atoms with Crippen molar-refractivity contribution in [1.82, 2.24) is 20.1 Å². The molecule has 1 heterocycles. The highest BCUT2D eigenvalue weighted by atomic mass is 35.5. The molecule has 0 bridgehead atoms. The number of unbranched alkanes of at least 4 members (excludes halogenated alkanes) is 1. The molecule has 1 N–H and O–H groups in total. The Labute approximate surface area is 180 Å². The minimum atomic E-state index is -0.00161. The summed E-state index contributed by atoms with van der Waals surface area (Å²) >= 11 is 7.82. The van der Waals surface area contributed by atoms with Gasteiger partial charge in [-0.3, -0.25) is 9.36 Å². The number of aryl methyl sites for hydroxylation is 2. The highest BCUT2D eigenvalue weighted by Gasteiger charge is 2.20. The average Bonchev–Trinajstić information content (AvgIpc) is 3.12. The molecule has 0 saturated heterocycles. The fraction of sp³-hybridized carbons (Fsp3) is 0.318. The third kappa shape index (κ3) is 5.19. The summed E-state index contributed by atoms with van der Waals surface area (Å²) in [5.41, 5.74) is 4.02. The lowest BCUT2D eigenvalue weighted by Crippen LogP contribution is -2.26. The van der Waals surface area contributed by atoms with E-state index in [1.54, 1.807) is 0 Å². The Morgan fingerprint density at radius 2 is 1.97 bits per heavy atom. The Hall–Kier alpha value is -2.31. The van der Waals surface area contributed by atoms with Gasteiger partial charge in [-0.1, -0.05) is 61.0 Å². The lowest BCUT2D eigenvalue weighted by Gasteiger charge is -2.14. The molecule has 0 radical (unpaired) electrons. The maximum absolute atomic E-state index is 12.2. The lowest BCUT2D eigenvalue weighted by molar-refractivity contribution is -0.118. The van der Waals surface area contributed by atoms with Crippen molar-refractivity contribution in [3.63, 3.8) is 0 Å². The molecule has 0 aliphatic carbocycles. The van der Waals surface area contributed by atoms with Crippen LogP contribution in [0, 0.1) is 13.8 Å². The van der Waals surface area contributed by atoms with Crippen molar-refractivity contribution in [2.24, 2.45) is 0 Å². The van der Waals surface area contributed by atoms with Crippen molar-refractivity contribution in [3.05, 3.63) is 58.6 Å². The van der Waals surface area contributed by atoms with Crippen LogP contribution in [-0.2, 0) is 4.79 Å². The lowest BCUT2D eigenvalue weighted by atomic mass is 10.1. The number of nitrogens with zero attached hydrogens (tertiary/aromatic N) is 3. The number of nitrogens with one attached hydrogen (secondary N) is 1. The molecule has 0 unspecified atom stereocenters. The van der Waals surface area contributed by atoms with E-state index < -0.39 is 0 Å². The minimum Gasteiger partial charge on any atom is -0.355 e. The van der Waals surface area contributed by atoms with Crippen molar-refractivity contribution < 1.29 is 4.79 Å². The molecule has 152 valence electrons. The largest absolute Gasteiger partial charge is 0.355 e. The number of aromatic nitrogens is 3. The zero-order chi connectivity index (χ0) is 20.8. The van der Waals surface area contributed by atoms with Gasteiger partial charge in [0.1, 0.15) is 0 Å². The van der Waals surface area contributed by atoms with Crippen molar-refractivity contribution in [2.45, 2.75) is 38.8 Å². The Morgan fingerprint density at radius 3 is 2.72 bits per heavy atom. The summed E-state index contributed by atoms with van der Waals surface area (Å²) in [6, 6.07) is 13.8. The van der Waals surface area contributed by atoms with Crippen LogP contribution < -0.4 is 5.32 Å². The molecule has 1 amide bonds. The van der Waals surface area contributed by atoms with Gasteiger partial charge >= 0.3 is 0 Å². The predicted molar refractivity (Wildman–Crippen MR) is 120 cm³/mol. The van der Waals surface area contributed by atoms with Crippen LogP contribution >= 0.6 is 23.4 Å². The van der Waals surface area contributed by atoms with E-state index in [4.69, 9.17) is 11.6 Å². The number of thioether (sulfide) groups is 1. The molecule has 0 spiro atoms. The normalized spacial score (nSPS) is 10.9. The summed E-state index contributed by atoms with van der Waals surface area (Å²) in [5.74, 6) is 0.950. The number of amides is 1. The standard InChI is InChI=1S/C22H25ClN4OS/c1-4-5-12-24-20(28)14-29-22-26-25-21(17-8-6-7-9-18(17)23)27(22)19-13-15(2)10-11-16(19)3/h6-11,13H,4-5,12,14H2,1-3H3,(H,24,28). The van der Waals surface area contributed by atoms with Gasteiger partial charge in [-0.2, -0.15) is 0 Å². The molecule has 2 aromatic carbocycles. The van der Waals surface area contributed by atoms with Crippen LogP contribution in [0.2, 0.25) is 5.02 Å². The number of halogens is 1. The van der Waals surface area contributed by atoms with E-state index in [1.807, 2.05) is 28.8 Å². The SMILES string of the molecule is CCCCNC(=O)CSc1nnc(-c2ccccc2Cl)n1-c1cc(C)ccc1C. The number of carbonyl (C=O) groups excluding carboxylic acids is 1. The van der Waals surface area contributed by atoms with Gasteiger partial charge in [0.2, 0.25) is 5.91 Å². The van der Waals surface area contributed by atoms with Crippen LogP contribution in [0.1, 0.15) is 30.9 Å². The van der Waals surface area contributed by atoms with Crippen LogP contribution in [0.5, 0.6) is 0 Å². The molecule has 0 fully saturated rings. The number of benzene rings is 2. The van der Waals surface area contributed by atoms with Crippen LogP contribution in [0.4, 0.5) is 0 Å². The molecule has 3 aromatic rings. The summed E-state index contributed by atoms with van der Waals surface area (Å²) in [7, 11) is 0. The summed E-state index contributed by atoms with van der Waals surface area (Å²) in [6.07, 6.45) is 2.03. The fourth-order valence-corrected chi connectivity index (χ4v) is 3.94. The number of carbonyl (C=O) groups is 1. The summed E-state index contributed by atoms with van der Waals surface area (Å²) in [5, 5.41) is 13.0. The molecule has 3 rings (SSSR count). The Balaban J connectivity index is 1.98. The van der Waals surface area contributed by atoms with Gasteiger partial charge in [0.05, 0.1) is 16.5 Å². The van der Waals surface area contributed by atoms with E-state index in [0.717, 1.165) is 35.2 Å². The van der Waals surface area contributed by atoms with Crippen molar-refractivity contribution in [3.8, 4) is 17.1 Å². The van der Waals surface area contributed by atoms with Gasteiger partial charge in [0.25, 0.3) is 0 Å². The van der Waals surface area contributed by atoms with Gasteiger partial charge in [-0.05, 0) is 49.6 Å². The summed E-state index contributed by atoms with van der Waals surface area (Å²) in [6.45, 7) is 6.90. The maximum atomic E-state index is 12.2. The van der Waals surface area contributed by atoms with Crippen molar-refractivity contribution in [2.75, 3.05) is 12.3 Å². The molecule has 0 saturated carbocycles. The van der Waals surface area contributed by atoms with Gasteiger partial charge < -0.3 is 5.32 Å². The van der Waals surface area contributed by atoms with Crippen molar-refractivity contribution >= 4 is 29.3 Å². The van der Waals surface area contributed by atoms with E-state index >= 15 is 0 Å². The van der Waals surface area contributed by atoms with Crippen molar-refractivity contribution in [1.29, 1.82) is 0 Å². The van der Waals surface area contributed by atoms with Crippen LogP contribution in [0.15, 0.2) is 47.6 Å². The van der Waals surface area contributed by atoms with E-state index in [2.05, 4.69) is 54.5 Å².